The summed E-state index contributed by atoms with van der Waals surface area (Å²) in [5.41, 5.74) is 0.363. The monoisotopic (exact) mass is 483 g/mol. The molecule has 35 heavy (non-hydrogen) atoms. The Labute approximate surface area is 209 Å². The number of esters is 1. The number of ether oxygens (including phenoxy) is 1. The number of carbonyl (C=O) groups excluding carboxylic acids is 1. The van der Waals surface area contributed by atoms with E-state index in [4.69, 9.17) is 4.74 Å². The lowest BCUT2D eigenvalue weighted by molar-refractivity contribution is -0.190. The summed E-state index contributed by atoms with van der Waals surface area (Å²) in [6.45, 7) is 4.50. The van der Waals surface area contributed by atoms with Crippen molar-refractivity contribution in [2.75, 3.05) is 13.7 Å². The number of carboxylic acid groups (broad SMARTS) is 1. The summed E-state index contributed by atoms with van der Waals surface area (Å²) in [4.78, 5) is 25.2. The Morgan fingerprint density at radius 3 is 2.60 bits per heavy atom. The molecule has 6 heteroatoms. The summed E-state index contributed by atoms with van der Waals surface area (Å²) >= 11 is 0. The van der Waals surface area contributed by atoms with E-state index in [1.54, 1.807) is 0 Å². The number of rotatable bonds is 3. The third-order valence-electron chi connectivity index (χ3n) is 11.9. The molecule has 6 nitrogen and oxygen atoms in total. The second kappa shape index (κ2) is 8.61. The first-order chi connectivity index (χ1) is 16.7. The first-order valence-electron chi connectivity index (χ1n) is 13.7. The molecule has 0 heterocycles. The van der Waals surface area contributed by atoms with Crippen molar-refractivity contribution in [2.24, 2.45) is 57.7 Å². The minimum Gasteiger partial charge on any atom is -0.481 e. The van der Waals surface area contributed by atoms with Crippen LogP contribution < -0.4 is 0 Å². The fourth-order valence-corrected chi connectivity index (χ4v) is 10.4. The van der Waals surface area contributed by atoms with Crippen molar-refractivity contribution in [3.8, 4) is 6.07 Å². The molecule has 0 radical (unpaired) electrons. The van der Waals surface area contributed by atoms with Crippen LogP contribution in [0.15, 0.2) is 11.6 Å². The lowest BCUT2D eigenvalue weighted by Gasteiger charge is -2.67. The first-order valence-corrected chi connectivity index (χ1v) is 13.7. The topological polar surface area (TPSA) is 108 Å². The Bertz CT molecular complexity index is 969. The van der Waals surface area contributed by atoms with E-state index in [1.807, 2.05) is 0 Å². The molecule has 0 aromatic carbocycles. The van der Waals surface area contributed by atoms with E-state index in [-0.39, 0.29) is 41.7 Å². The highest BCUT2D eigenvalue weighted by Gasteiger charge is 2.66. The van der Waals surface area contributed by atoms with Gasteiger partial charge in [0.05, 0.1) is 30.4 Å². The van der Waals surface area contributed by atoms with Crippen molar-refractivity contribution >= 4 is 11.9 Å². The second-order valence-corrected chi connectivity index (χ2v) is 12.7. The van der Waals surface area contributed by atoms with Crippen LogP contribution in [-0.2, 0) is 14.3 Å². The number of methoxy groups -OCH3 is 1. The zero-order valence-electron chi connectivity index (χ0n) is 21.5. The SMILES string of the molecule is COC(=O)C1C(C#N)CC2(CO)C(CCC3(C)C4CCC5(C(=O)O)CCCCC5C4=CCC32)C1C. The van der Waals surface area contributed by atoms with E-state index in [0.29, 0.717) is 12.3 Å². The lowest BCUT2D eigenvalue weighted by Crippen LogP contribution is -2.63. The van der Waals surface area contributed by atoms with E-state index in [2.05, 4.69) is 26.0 Å². The highest BCUT2D eigenvalue weighted by atomic mass is 16.5. The van der Waals surface area contributed by atoms with Crippen molar-refractivity contribution in [1.29, 1.82) is 5.26 Å². The number of nitrogens with zero attached hydrogens (tertiary/aromatic N) is 1. The van der Waals surface area contributed by atoms with Gasteiger partial charge in [0, 0.05) is 12.0 Å². The van der Waals surface area contributed by atoms with Crippen molar-refractivity contribution in [3.05, 3.63) is 11.6 Å². The molecule has 10 unspecified atom stereocenters. The van der Waals surface area contributed by atoms with Crippen LogP contribution >= 0.6 is 0 Å². The summed E-state index contributed by atoms with van der Waals surface area (Å²) in [5.74, 6) is -0.965. The number of fused-ring (bicyclic) bond motifs is 7. The van der Waals surface area contributed by atoms with Gasteiger partial charge in [0.25, 0.3) is 0 Å². The van der Waals surface area contributed by atoms with Gasteiger partial charge in [0.2, 0.25) is 0 Å². The zero-order chi connectivity index (χ0) is 25.2. The van der Waals surface area contributed by atoms with Gasteiger partial charge in [-0.15, -0.1) is 0 Å². The fraction of sp³-hybridized carbons (Fsp3) is 0.828. The number of aliphatic hydroxyl groups excluding tert-OH is 1. The molecule has 192 valence electrons. The molecule has 0 aliphatic heterocycles. The number of hydrogen-bond acceptors (Lipinski definition) is 5. The van der Waals surface area contributed by atoms with Gasteiger partial charge in [0.1, 0.15) is 0 Å². The van der Waals surface area contributed by atoms with Gasteiger partial charge in [-0.2, -0.15) is 5.26 Å². The number of nitriles is 1. The van der Waals surface area contributed by atoms with Gasteiger partial charge in [-0.3, -0.25) is 9.59 Å². The molecule has 5 rings (SSSR count). The van der Waals surface area contributed by atoms with Gasteiger partial charge >= 0.3 is 11.9 Å². The summed E-state index contributed by atoms with van der Waals surface area (Å²) in [5, 5.41) is 31.4. The van der Waals surface area contributed by atoms with E-state index in [1.165, 1.54) is 12.7 Å². The largest absolute Gasteiger partial charge is 0.481 e. The van der Waals surface area contributed by atoms with Crippen molar-refractivity contribution in [2.45, 2.75) is 78.1 Å². The third kappa shape index (κ3) is 3.22. The van der Waals surface area contributed by atoms with Crippen LogP contribution in [0.5, 0.6) is 0 Å². The van der Waals surface area contributed by atoms with Crippen LogP contribution in [0.3, 0.4) is 0 Å². The predicted octanol–water partition coefficient (Wildman–Crippen LogP) is 4.97. The normalized spacial score (nSPS) is 48.7. The quantitative estimate of drug-likeness (QED) is 0.434. The smallest absolute Gasteiger partial charge is 0.310 e. The molecule has 0 aromatic rings. The molecule has 0 aromatic heterocycles. The Hall–Kier alpha value is -1.87. The highest BCUT2D eigenvalue weighted by Crippen LogP contribution is 2.71. The summed E-state index contributed by atoms with van der Waals surface area (Å²) in [6, 6.07) is 2.42. The van der Waals surface area contributed by atoms with Crippen LogP contribution in [0.4, 0.5) is 0 Å². The zero-order valence-corrected chi connectivity index (χ0v) is 21.5. The Morgan fingerprint density at radius 2 is 1.94 bits per heavy atom. The van der Waals surface area contributed by atoms with Gasteiger partial charge < -0.3 is 14.9 Å². The number of carboxylic acids is 1. The molecule has 2 N–H and O–H groups in total. The molecule has 0 bridgehead atoms. The standard InChI is InChI=1S/C29H41NO5/c1-17-20-9-12-27(2)21-10-13-28(26(33)34)11-5-4-6-22(28)19(21)7-8-23(27)29(20,16-31)14-18(15-30)24(17)25(32)35-3/h7,17-18,20-24,31H,4-6,8-14,16H2,1-3H3,(H,33,34). The minimum atomic E-state index is -0.615. The van der Waals surface area contributed by atoms with Crippen LogP contribution in [0.1, 0.15) is 78.1 Å². The third-order valence-corrected chi connectivity index (χ3v) is 11.9. The number of aliphatic hydroxyl groups is 1. The van der Waals surface area contributed by atoms with Crippen LogP contribution in [0.25, 0.3) is 0 Å². The predicted molar refractivity (Wildman–Crippen MR) is 130 cm³/mol. The number of carbonyl (C=O) groups is 2. The lowest BCUT2D eigenvalue weighted by atomic mass is 9.37. The Morgan fingerprint density at radius 1 is 1.17 bits per heavy atom. The Kier molecular flexibility index (Phi) is 6.10. The van der Waals surface area contributed by atoms with Gasteiger partial charge in [-0.25, -0.2) is 0 Å². The average molecular weight is 484 g/mol. The molecular formula is C29H41NO5. The molecule has 4 fully saturated rings. The molecule has 10 atom stereocenters. The summed E-state index contributed by atoms with van der Waals surface area (Å²) < 4.78 is 5.10. The second-order valence-electron chi connectivity index (χ2n) is 12.7. The van der Waals surface area contributed by atoms with Crippen molar-refractivity contribution in [1.82, 2.24) is 0 Å². The molecule has 4 saturated carbocycles. The number of hydrogen-bond donors (Lipinski definition) is 2. The van der Waals surface area contributed by atoms with Gasteiger partial charge in [-0.1, -0.05) is 38.3 Å². The molecule has 0 amide bonds. The van der Waals surface area contributed by atoms with E-state index < -0.39 is 28.6 Å². The molecule has 5 aliphatic rings. The van der Waals surface area contributed by atoms with Crippen LogP contribution in [-0.4, -0.2) is 35.9 Å². The van der Waals surface area contributed by atoms with Gasteiger partial charge in [0.15, 0.2) is 0 Å². The number of aliphatic carboxylic acids is 1. The molecular weight excluding hydrogens is 442 g/mol. The van der Waals surface area contributed by atoms with Crippen LogP contribution in [0, 0.1) is 69.0 Å². The van der Waals surface area contributed by atoms with Crippen LogP contribution in [0.2, 0.25) is 0 Å². The maximum absolute atomic E-state index is 12.7. The van der Waals surface area contributed by atoms with E-state index >= 15 is 0 Å². The highest BCUT2D eigenvalue weighted by molar-refractivity contribution is 5.76. The molecule has 5 aliphatic carbocycles. The Balaban J connectivity index is 1.55. The average Bonchev–Trinajstić information content (AvgIpc) is 2.87. The van der Waals surface area contributed by atoms with E-state index in [0.717, 1.165) is 57.8 Å². The van der Waals surface area contributed by atoms with E-state index in [9.17, 15) is 25.1 Å². The van der Waals surface area contributed by atoms with Crippen molar-refractivity contribution < 1.29 is 24.5 Å². The van der Waals surface area contributed by atoms with Gasteiger partial charge in [-0.05, 0) is 86.4 Å². The fourth-order valence-electron chi connectivity index (χ4n) is 10.4. The maximum atomic E-state index is 12.7. The summed E-state index contributed by atoms with van der Waals surface area (Å²) in [6.07, 6.45) is 11.2. The first kappa shape index (κ1) is 24.8. The van der Waals surface area contributed by atoms with Crippen molar-refractivity contribution in [3.63, 3.8) is 0 Å². The summed E-state index contributed by atoms with van der Waals surface area (Å²) in [7, 11) is 1.40. The number of allylic oxidation sites excluding steroid dienone is 2. The molecule has 0 spiro atoms. The molecule has 0 saturated heterocycles. The minimum absolute atomic E-state index is 0.0210. The maximum Gasteiger partial charge on any atom is 0.310 e.